The molecule has 1 aromatic heterocycles. The van der Waals surface area contributed by atoms with Crippen molar-refractivity contribution in [3.05, 3.63) is 15.6 Å². The number of thiazole rings is 1. The van der Waals surface area contributed by atoms with Gasteiger partial charge in [0.25, 0.3) is 5.91 Å². The lowest BCUT2D eigenvalue weighted by molar-refractivity contribution is -0.138. The van der Waals surface area contributed by atoms with Crippen LogP contribution in [0.25, 0.3) is 0 Å². The molecule has 1 aliphatic rings. The zero-order chi connectivity index (χ0) is 15.4. The SMILES string of the molecule is COCc1nc(C)c(C(=O)N2CCC(CC(=O)O)CC2)s1. The number of piperidine rings is 1. The van der Waals surface area contributed by atoms with Crippen LogP contribution in [-0.2, 0) is 16.1 Å². The van der Waals surface area contributed by atoms with Gasteiger partial charge >= 0.3 is 5.97 Å². The third-order valence-corrected chi connectivity index (χ3v) is 4.79. The van der Waals surface area contributed by atoms with E-state index >= 15 is 0 Å². The van der Waals surface area contributed by atoms with E-state index in [1.807, 2.05) is 6.92 Å². The lowest BCUT2D eigenvalue weighted by Gasteiger charge is -2.31. The molecule has 1 fully saturated rings. The molecule has 116 valence electrons. The summed E-state index contributed by atoms with van der Waals surface area (Å²) in [6.07, 6.45) is 1.70. The maximum atomic E-state index is 12.5. The summed E-state index contributed by atoms with van der Waals surface area (Å²) < 4.78 is 5.04. The number of carbonyl (C=O) groups excluding carboxylic acids is 1. The molecule has 2 rings (SSSR count). The minimum atomic E-state index is -0.762. The molecule has 0 atom stereocenters. The zero-order valence-corrected chi connectivity index (χ0v) is 13.1. The van der Waals surface area contributed by atoms with E-state index in [4.69, 9.17) is 9.84 Å². The maximum absolute atomic E-state index is 12.5. The Morgan fingerprint density at radius 3 is 2.67 bits per heavy atom. The second kappa shape index (κ2) is 7.00. The van der Waals surface area contributed by atoms with Gasteiger partial charge in [0.1, 0.15) is 9.88 Å². The normalized spacial score (nSPS) is 16.2. The quantitative estimate of drug-likeness (QED) is 0.898. The van der Waals surface area contributed by atoms with Crippen LogP contribution in [0.4, 0.5) is 0 Å². The summed E-state index contributed by atoms with van der Waals surface area (Å²) in [6, 6.07) is 0. The van der Waals surface area contributed by atoms with Gasteiger partial charge < -0.3 is 14.7 Å². The molecular formula is C14H20N2O4S. The Morgan fingerprint density at radius 2 is 2.10 bits per heavy atom. The van der Waals surface area contributed by atoms with Gasteiger partial charge in [0.15, 0.2) is 0 Å². The number of carboxylic acids is 1. The Labute approximate surface area is 127 Å². The third kappa shape index (κ3) is 4.01. The number of aromatic nitrogens is 1. The number of nitrogens with zero attached hydrogens (tertiary/aromatic N) is 2. The number of methoxy groups -OCH3 is 1. The molecular weight excluding hydrogens is 292 g/mol. The van der Waals surface area contributed by atoms with Crippen LogP contribution in [-0.4, -0.2) is 47.1 Å². The van der Waals surface area contributed by atoms with Crippen LogP contribution in [0.5, 0.6) is 0 Å². The van der Waals surface area contributed by atoms with Crippen LogP contribution in [0.3, 0.4) is 0 Å². The van der Waals surface area contributed by atoms with Crippen molar-refractivity contribution in [3.8, 4) is 0 Å². The molecule has 0 unspecified atom stereocenters. The van der Waals surface area contributed by atoms with E-state index in [0.717, 1.165) is 23.5 Å². The van der Waals surface area contributed by atoms with Crippen molar-refractivity contribution in [1.29, 1.82) is 0 Å². The van der Waals surface area contributed by atoms with E-state index in [0.29, 0.717) is 24.6 Å². The van der Waals surface area contributed by atoms with Gasteiger partial charge in [-0.3, -0.25) is 9.59 Å². The van der Waals surface area contributed by atoms with Gasteiger partial charge in [-0.1, -0.05) is 0 Å². The summed E-state index contributed by atoms with van der Waals surface area (Å²) in [7, 11) is 1.60. The smallest absolute Gasteiger partial charge is 0.303 e. The molecule has 21 heavy (non-hydrogen) atoms. The average Bonchev–Trinajstić information content (AvgIpc) is 2.79. The van der Waals surface area contributed by atoms with Gasteiger partial charge in [-0.15, -0.1) is 11.3 Å². The third-order valence-electron chi connectivity index (χ3n) is 3.67. The van der Waals surface area contributed by atoms with Gasteiger partial charge in [0.2, 0.25) is 0 Å². The summed E-state index contributed by atoms with van der Waals surface area (Å²) in [5.41, 5.74) is 0.740. The van der Waals surface area contributed by atoms with Crippen molar-refractivity contribution < 1.29 is 19.4 Å². The van der Waals surface area contributed by atoms with Crippen molar-refractivity contribution in [2.24, 2.45) is 5.92 Å². The first kappa shape index (κ1) is 15.9. The highest BCUT2D eigenvalue weighted by atomic mass is 32.1. The summed E-state index contributed by atoms with van der Waals surface area (Å²) in [5.74, 6) is -0.582. The molecule has 0 spiro atoms. The Balaban J connectivity index is 1.97. The molecule has 0 radical (unpaired) electrons. The highest BCUT2D eigenvalue weighted by molar-refractivity contribution is 7.13. The van der Waals surface area contributed by atoms with E-state index in [2.05, 4.69) is 4.98 Å². The first-order chi connectivity index (χ1) is 10.0. The fraction of sp³-hybridized carbons (Fsp3) is 0.643. The van der Waals surface area contributed by atoms with Crippen molar-refractivity contribution >= 4 is 23.2 Å². The Morgan fingerprint density at radius 1 is 1.43 bits per heavy atom. The number of hydrogen-bond donors (Lipinski definition) is 1. The molecule has 1 saturated heterocycles. The number of aliphatic carboxylic acids is 1. The molecule has 1 N–H and O–H groups in total. The van der Waals surface area contributed by atoms with Crippen molar-refractivity contribution in [3.63, 3.8) is 0 Å². The van der Waals surface area contributed by atoms with Crippen molar-refractivity contribution in [2.45, 2.75) is 32.8 Å². The van der Waals surface area contributed by atoms with E-state index < -0.39 is 5.97 Å². The summed E-state index contributed by atoms with van der Waals surface area (Å²) in [6.45, 7) is 3.49. The van der Waals surface area contributed by atoms with Crippen LogP contribution in [0.2, 0.25) is 0 Å². The van der Waals surface area contributed by atoms with E-state index in [1.165, 1.54) is 11.3 Å². The maximum Gasteiger partial charge on any atom is 0.303 e. The molecule has 1 amide bonds. The standard InChI is InChI=1S/C14H20N2O4S/c1-9-13(21-11(15-9)8-20-2)14(19)16-5-3-10(4-6-16)7-12(17)18/h10H,3-8H2,1-2H3,(H,17,18). The van der Waals surface area contributed by atoms with Crippen LogP contribution in [0.1, 0.15) is 39.6 Å². The Bertz CT molecular complexity index is 521. The van der Waals surface area contributed by atoms with Crippen LogP contribution in [0, 0.1) is 12.8 Å². The van der Waals surface area contributed by atoms with E-state index in [-0.39, 0.29) is 18.2 Å². The number of ether oxygens (including phenoxy) is 1. The molecule has 2 heterocycles. The molecule has 0 bridgehead atoms. The number of aryl methyl sites for hydroxylation is 1. The number of likely N-dealkylation sites (tertiary alicyclic amines) is 1. The van der Waals surface area contributed by atoms with Crippen molar-refractivity contribution in [1.82, 2.24) is 9.88 Å². The molecule has 1 aliphatic heterocycles. The van der Waals surface area contributed by atoms with Gasteiger partial charge in [0.05, 0.1) is 12.3 Å². The van der Waals surface area contributed by atoms with Gasteiger partial charge in [0, 0.05) is 26.6 Å². The number of carbonyl (C=O) groups is 2. The molecule has 0 aromatic carbocycles. The predicted molar refractivity (Wildman–Crippen MR) is 78.4 cm³/mol. The highest BCUT2D eigenvalue weighted by Crippen LogP contribution is 2.25. The minimum Gasteiger partial charge on any atom is -0.481 e. The second-order valence-corrected chi connectivity index (χ2v) is 6.37. The summed E-state index contributed by atoms with van der Waals surface area (Å²) >= 11 is 1.38. The molecule has 0 saturated carbocycles. The van der Waals surface area contributed by atoms with Gasteiger partial charge in [-0.2, -0.15) is 0 Å². The average molecular weight is 312 g/mol. The fourth-order valence-corrected chi connectivity index (χ4v) is 3.57. The molecule has 0 aliphatic carbocycles. The van der Waals surface area contributed by atoms with E-state index in [1.54, 1.807) is 12.0 Å². The van der Waals surface area contributed by atoms with Crippen LogP contribution in [0.15, 0.2) is 0 Å². The number of carboxylic acid groups (broad SMARTS) is 1. The summed E-state index contributed by atoms with van der Waals surface area (Å²) in [4.78, 5) is 30.0. The van der Waals surface area contributed by atoms with Gasteiger partial charge in [-0.05, 0) is 25.7 Å². The predicted octanol–water partition coefficient (Wildman–Crippen LogP) is 1.92. The molecule has 6 nitrogen and oxygen atoms in total. The second-order valence-electron chi connectivity index (χ2n) is 5.29. The molecule has 7 heteroatoms. The minimum absolute atomic E-state index is 0.00104. The first-order valence-electron chi connectivity index (χ1n) is 6.97. The summed E-state index contributed by atoms with van der Waals surface area (Å²) in [5, 5.41) is 9.61. The van der Waals surface area contributed by atoms with Crippen molar-refractivity contribution in [2.75, 3.05) is 20.2 Å². The Hall–Kier alpha value is -1.47. The fourth-order valence-electron chi connectivity index (χ4n) is 2.57. The lowest BCUT2D eigenvalue weighted by Crippen LogP contribution is -2.38. The van der Waals surface area contributed by atoms with Gasteiger partial charge in [-0.25, -0.2) is 4.98 Å². The molecule has 1 aromatic rings. The van der Waals surface area contributed by atoms with Crippen LogP contribution >= 0.6 is 11.3 Å². The number of amides is 1. The number of hydrogen-bond acceptors (Lipinski definition) is 5. The lowest BCUT2D eigenvalue weighted by atomic mass is 9.93. The zero-order valence-electron chi connectivity index (χ0n) is 12.3. The Kier molecular flexibility index (Phi) is 5.30. The van der Waals surface area contributed by atoms with E-state index in [9.17, 15) is 9.59 Å². The van der Waals surface area contributed by atoms with Crippen LogP contribution < -0.4 is 0 Å². The number of rotatable bonds is 5. The first-order valence-corrected chi connectivity index (χ1v) is 7.79. The highest BCUT2D eigenvalue weighted by Gasteiger charge is 2.27. The largest absolute Gasteiger partial charge is 0.481 e. The topological polar surface area (TPSA) is 79.7 Å². The monoisotopic (exact) mass is 312 g/mol.